The molecule has 1 nitrogen and oxygen atoms in total. The first kappa shape index (κ1) is 6.14. The van der Waals surface area contributed by atoms with E-state index in [-0.39, 0.29) is 0 Å². The number of hydrogen-bond donors (Lipinski definition) is 0. The van der Waals surface area contributed by atoms with Crippen LogP contribution in [-0.2, 0) is 7.05 Å². The minimum atomic E-state index is 1.17. The van der Waals surface area contributed by atoms with Crippen LogP contribution in [0.4, 0.5) is 0 Å². The minimum absolute atomic E-state index is 1.17. The lowest BCUT2D eigenvalue weighted by atomic mass is 10.4. The second-order valence-corrected chi connectivity index (χ2v) is 2.16. The summed E-state index contributed by atoms with van der Waals surface area (Å²) in [5.74, 6) is 0. The van der Waals surface area contributed by atoms with Crippen molar-refractivity contribution in [1.82, 2.24) is 4.57 Å². The molecule has 0 spiro atoms. The maximum Gasteiger partial charge on any atom is 0.0400 e. The summed E-state index contributed by atoms with van der Waals surface area (Å²) in [7, 11) is 2.03. The first-order valence-corrected chi connectivity index (χ1v) is 3.00. The molecule has 0 unspecified atom stereocenters. The second kappa shape index (κ2) is 2.09. The highest BCUT2D eigenvalue weighted by molar-refractivity contribution is 5.43. The van der Waals surface area contributed by atoms with Gasteiger partial charge >= 0.3 is 0 Å². The summed E-state index contributed by atoms with van der Waals surface area (Å²) in [5.41, 5.74) is 2.44. The van der Waals surface area contributed by atoms with Crippen molar-refractivity contribution in [3.8, 4) is 0 Å². The largest absolute Gasteiger partial charge is 0.348 e. The number of hydrogen-bond acceptors (Lipinski definition) is 0. The molecule has 0 aromatic carbocycles. The van der Waals surface area contributed by atoms with Gasteiger partial charge in [-0.25, -0.2) is 0 Å². The predicted octanol–water partition coefficient (Wildman–Crippen LogP) is 1.98. The molecule has 9 heavy (non-hydrogen) atoms. The van der Waals surface area contributed by atoms with Crippen molar-refractivity contribution in [3.05, 3.63) is 30.1 Å². The number of rotatable bonds is 1. The van der Waals surface area contributed by atoms with E-state index in [4.69, 9.17) is 0 Å². The summed E-state index contributed by atoms with van der Waals surface area (Å²) in [4.78, 5) is 0. The van der Waals surface area contributed by atoms with Gasteiger partial charge < -0.3 is 4.57 Å². The van der Waals surface area contributed by atoms with Gasteiger partial charge in [-0.05, 0) is 25.1 Å². The molecule has 0 aliphatic rings. The standard InChI is InChI=1S/C8H11N/c1-4-8-6-5-7(2)9(8)3/h4-6H,1H2,2-3H3. The fourth-order valence-electron chi connectivity index (χ4n) is 0.838. The fourth-order valence-corrected chi connectivity index (χ4v) is 0.838. The molecule has 0 saturated carbocycles. The molecule has 0 saturated heterocycles. The van der Waals surface area contributed by atoms with Crippen LogP contribution in [-0.4, -0.2) is 4.57 Å². The zero-order valence-electron chi connectivity index (χ0n) is 5.89. The SMILES string of the molecule is C=Cc1ccc(C)n1C. The van der Waals surface area contributed by atoms with E-state index in [1.54, 1.807) is 0 Å². The molecule has 0 radical (unpaired) electrons. The minimum Gasteiger partial charge on any atom is -0.348 e. The molecule has 0 amide bonds. The van der Waals surface area contributed by atoms with Crippen LogP contribution in [0, 0.1) is 6.92 Å². The molecule has 1 aromatic rings. The van der Waals surface area contributed by atoms with Gasteiger partial charge in [0.2, 0.25) is 0 Å². The zero-order valence-corrected chi connectivity index (χ0v) is 5.89. The number of aryl methyl sites for hydroxylation is 1. The van der Waals surface area contributed by atoms with Crippen molar-refractivity contribution in [2.24, 2.45) is 7.05 Å². The molecule has 48 valence electrons. The lowest BCUT2D eigenvalue weighted by Gasteiger charge is -1.97. The highest BCUT2D eigenvalue weighted by Crippen LogP contribution is 2.05. The van der Waals surface area contributed by atoms with E-state index in [1.807, 2.05) is 13.1 Å². The second-order valence-electron chi connectivity index (χ2n) is 2.16. The lowest BCUT2D eigenvalue weighted by molar-refractivity contribution is 0.872. The summed E-state index contributed by atoms with van der Waals surface area (Å²) in [6.07, 6.45) is 1.85. The topological polar surface area (TPSA) is 4.93 Å². The van der Waals surface area contributed by atoms with E-state index < -0.39 is 0 Å². The van der Waals surface area contributed by atoms with E-state index in [0.717, 1.165) is 0 Å². The average Bonchev–Trinajstić information content (AvgIpc) is 2.15. The maximum absolute atomic E-state index is 3.68. The van der Waals surface area contributed by atoms with Gasteiger partial charge in [-0.1, -0.05) is 6.58 Å². The van der Waals surface area contributed by atoms with Crippen LogP contribution in [0.3, 0.4) is 0 Å². The zero-order chi connectivity index (χ0) is 6.85. The Morgan fingerprint density at radius 1 is 1.56 bits per heavy atom. The number of nitrogens with zero attached hydrogens (tertiary/aromatic N) is 1. The van der Waals surface area contributed by atoms with Crippen LogP contribution in [0.2, 0.25) is 0 Å². The Morgan fingerprint density at radius 2 is 2.22 bits per heavy atom. The van der Waals surface area contributed by atoms with Crippen molar-refractivity contribution >= 4 is 6.08 Å². The Balaban J connectivity index is 3.18. The quantitative estimate of drug-likeness (QED) is 0.535. The number of aromatic nitrogens is 1. The monoisotopic (exact) mass is 121 g/mol. The maximum atomic E-state index is 3.68. The Bertz CT molecular complexity index is 220. The van der Waals surface area contributed by atoms with Crippen molar-refractivity contribution < 1.29 is 0 Å². The van der Waals surface area contributed by atoms with Crippen molar-refractivity contribution in [2.75, 3.05) is 0 Å². The first-order valence-electron chi connectivity index (χ1n) is 3.00. The van der Waals surface area contributed by atoms with Crippen molar-refractivity contribution in [3.63, 3.8) is 0 Å². The molecule has 0 fully saturated rings. The van der Waals surface area contributed by atoms with Gasteiger partial charge in [-0.15, -0.1) is 0 Å². The summed E-state index contributed by atoms with van der Waals surface area (Å²) in [5, 5.41) is 0. The Kier molecular flexibility index (Phi) is 1.43. The van der Waals surface area contributed by atoms with Gasteiger partial charge in [-0.3, -0.25) is 0 Å². The molecule has 1 heteroatoms. The van der Waals surface area contributed by atoms with Crippen LogP contribution in [0.5, 0.6) is 0 Å². The molecule has 0 atom stereocenters. The van der Waals surface area contributed by atoms with Crippen molar-refractivity contribution in [1.29, 1.82) is 0 Å². The van der Waals surface area contributed by atoms with Gasteiger partial charge in [-0.2, -0.15) is 0 Å². The van der Waals surface area contributed by atoms with Crippen LogP contribution < -0.4 is 0 Å². The van der Waals surface area contributed by atoms with Gasteiger partial charge in [0.05, 0.1) is 0 Å². The molecule has 1 rings (SSSR count). The summed E-state index contributed by atoms with van der Waals surface area (Å²) >= 11 is 0. The summed E-state index contributed by atoms with van der Waals surface area (Å²) < 4.78 is 2.10. The Hall–Kier alpha value is -0.980. The molecule has 1 heterocycles. The third kappa shape index (κ3) is 0.900. The third-order valence-electron chi connectivity index (χ3n) is 1.62. The summed E-state index contributed by atoms with van der Waals surface area (Å²) in [6, 6.07) is 4.14. The van der Waals surface area contributed by atoms with E-state index in [0.29, 0.717) is 0 Å². The van der Waals surface area contributed by atoms with E-state index >= 15 is 0 Å². The average molecular weight is 121 g/mol. The molecule has 0 aliphatic carbocycles. The normalized spacial score (nSPS) is 9.56. The van der Waals surface area contributed by atoms with Gasteiger partial charge in [0.1, 0.15) is 0 Å². The molecule has 1 aromatic heterocycles. The Labute approximate surface area is 55.6 Å². The fraction of sp³-hybridized carbons (Fsp3) is 0.250. The van der Waals surface area contributed by atoms with Crippen LogP contribution in [0.15, 0.2) is 18.7 Å². The summed E-state index contributed by atoms with van der Waals surface area (Å²) in [6.45, 7) is 5.76. The lowest BCUT2D eigenvalue weighted by Crippen LogP contribution is -1.91. The highest BCUT2D eigenvalue weighted by Gasteiger charge is 1.93. The molecule has 0 N–H and O–H groups in total. The van der Waals surface area contributed by atoms with Crippen molar-refractivity contribution in [2.45, 2.75) is 6.92 Å². The van der Waals surface area contributed by atoms with E-state index in [9.17, 15) is 0 Å². The molecular weight excluding hydrogens is 110 g/mol. The molecule has 0 aliphatic heterocycles. The first-order chi connectivity index (χ1) is 4.25. The van der Waals surface area contributed by atoms with Crippen LogP contribution in [0.1, 0.15) is 11.4 Å². The molecule has 0 bridgehead atoms. The van der Waals surface area contributed by atoms with Crippen LogP contribution >= 0.6 is 0 Å². The van der Waals surface area contributed by atoms with Gasteiger partial charge in [0, 0.05) is 18.4 Å². The third-order valence-corrected chi connectivity index (χ3v) is 1.62. The van der Waals surface area contributed by atoms with E-state index in [1.165, 1.54) is 11.4 Å². The predicted molar refractivity (Wildman–Crippen MR) is 40.2 cm³/mol. The van der Waals surface area contributed by atoms with Gasteiger partial charge in [0.25, 0.3) is 0 Å². The van der Waals surface area contributed by atoms with Gasteiger partial charge in [0.15, 0.2) is 0 Å². The Morgan fingerprint density at radius 3 is 2.44 bits per heavy atom. The smallest absolute Gasteiger partial charge is 0.0400 e. The van der Waals surface area contributed by atoms with E-state index in [2.05, 4.69) is 30.2 Å². The molecular formula is C8H11N. The van der Waals surface area contributed by atoms with Crippen LogP contribution in [0.25, 0.3) is 6.08 Å². The highest BCUT2D eigenvalue weighted by atomic mass is 14.9.